The van der Waals surface area contributed by atoms with Crippen LogP contribution in [0.5, 0.6) is 5.75 Å². The maximum atomic E-state index is 14.3. The minimum Gasteiger partial charge on any atom is -0.410 e. The van der Waals surface area contributed by atoms with Crippen molar-refractivity contribution in [1.29, 1.82) is 0 Å². The highest BCUT2D eigenvalue weighted by molar-refractivity contribution is 6.35. The molecule has 9 heteroatoms. The zero-order valence-corrected chi connectivity index (χ0v) is 20.4. The molecule has 0 aliphatic heterocycles. The van der Waals surface area contributed by atoms with Crippen LogP contribution in [0, 0.1) is 17.5 Å². The zero-order chi connectivity index (χ0) is 25.3. The molecule has 182 valence electrons. The maximum Gasteiger partial charge on any atom is 0.415 e. The van der Waals surface area contributed by atoms with Crippen molar-refractivity contribution in [3.05, 3.63) is 87.8 Å². The monoisotopic (exact) mass is 520 g/mol. The lowest BCUT2D eigenvalue weighted by atomic mass is 10.0. The van der Waals surface area contributed by atoms with Crippen LogP contribution in [0.15, 0.2) is 54.7 Å². The van der Waals surface area contributed by atoms with Crippen molar-refractivity contribution in [3.8, 4) is 16.9 Å². The van der Waals surface area contributed by atoms with Crippen LogP contribution in [0.1, 0.15) is 19.4 Å². The Hall–Kier alpha value is -3.16. The molecule has 0 atom stereocenters. The van der Waals surface area contributed by atoms with E-state index in [4.69, 9.17) is 27.9 Å². The number of nitrogens with zero attached hydrogens (tertiary/aromatic N) is 2. The van der Waals surface area contributed by atoms with Crippen LogP contribution in [-0.4, -0.2) is 28.6 Å². The van der Waals surface area contributed by atoms with Crippen molar-refractivity contribution in [2.24, 2.45) is 0 Å². The van der Waals surface area contributed by atoms with Crippen molar-refractivity contribution in [1.82, 2.24) is 9.47 Å². The molecule has 0 radical (unpaired) electrons. The molecule has 1 heterocycles. The van der Waals surface area contributed by atoms with E-state index in [1.54, 1.807) is 47.2 Å². The molecular formula is C26H21Cl2F3N2O2. The SMILES string of the molecule is CCN(CC)C(=O)Oc1ccc2c(ccn2Cc2cc(F)cc(F)c2F)c1-c1cc(Cl)cc(Cl)c1. The number of benzene rings is 3. The number of hydrogen-bond acceptors (Lipinski definition) is 2. The fraction of sp³-hybridized carbons (Fsp3) is 0.192. The summed E-state index contributed by atoms with van der Waals surface area (Å²) in [7, 11) is 0. The van der Waals surface area contributed by atoms with E-state index in [0.717, 1.165) is 6.07 Å². The van der Waals surface area contributed by atoms with Gasteiger partial charge in [0.15, 0.2) is 11.6 Å². The predicted octanol–water partition coefficient (Wildman–Crippen LogP) is 7.92. The van der Waals surface area contributed by atoms with Gasteiger partial charge in [0.2, 0.25) is 0 Å². The zero-order valence-electron chi connectivity index (χ0n) is 18.9. The van der Waals surface area contributed by atoms with E-state index in [0.29, 0.717) is 51.2 Å². The summed E-state index contributed by atoms with van der Waals surface area (Å²) in [5.74, 6) is -2.94. The standard InChI is InChI=1S/C26H21Cl2F3N2O2/c1-3-32(4-2)26(34)35-23-6-5-22-20(24(23)15-9-17(27)12-18(28)10-15)7-8-33(22)14-16-11-19(29)13-21(30)25(16)31/h5-13H,3-4,14H2,1-2H3. The molecule has 0 unspecified atom stereocenters. The van der Waals surface area contributed by atoms with E-state index in [9.17, 15) is 18.0 Å². The van der Waals surface area contributed by atoms with Crippen molar-refractivity contribution in [2.45, 2.75) is 20.4 Å². The van der Waals surface area contributed by atoms with Gasteiger partial charge in [-0.15, -0.1) is 0 Å². The molecule has 35 heavy (non-hydrogen) atoms. The molecule has 3 aromatic carbocycles. The minimum absolute atomic E-state index is 0.113. The van der Waals surface area contributed by atoms with E-state index in [-0.39, 0.29) is 17.9 Å². The smallest absolute Gasteiger partial charge is 0.410 e. The number of carbonyl (C=O) groups is 1. The Bertz CT molecular complexity index is 1400. The Morgan fingerprint density at radius 2 is 1.66 bits per heavy atom. The van der Waals surface area contributed by atoms with Gasteiger partial charge in [-0.05, 0) is 61.9 Å². The fourth-order valence-electron chi connectivity index (χ4n) is 4.02. The van der Waals surface area contributed by atoms with Gasteiger partial charge in [0.05, 0.1) is 6.54 Å². The topological polar surface area (TPSA) is 34.5 Å². The summed E-state index contributed by atoms with van der Waals surface area (Å²) in [6.45, 7) is 4.53. The molecule has 1 aromatic heterocycles. The van der Waals surface area contributed by atoms with Crippen LogP contribution >= 0.6 is 23.2 Å². The molecule has 0 fully saturated rings. The first kappa shape index (κ1) is 24.9. The number of halogens is 5. The second-order valence-corrected chi connectivity index (χ2v) is 8.75. The van der Waals surface area contributed by atoms with Gasteiger partial charge in [0.25, 0.3) is 0 Å². The second kappa shape index (κ2) is 10.2. The van der Waals surface area contributed by atoms with Crippen LogP contribution in [0.25, 0.3) is 22.0 Å². The first-order valence-corrected chi connectivity index (χ1v) is 11.7. The first-order chi connectivity index (χ1) is 16.7. The normalized spacial score (nSPS) is 11.2. The van der Waals surface area contributed by atoms with Gasteiger partial charge in [-0.1, -0.05) is 23.2 Å². The van der Waals surface area contributed by atoms with Crippen molar-refractivity contribution in [2.75, 3.05) is 13.1 Å². The van der Waals surface area contributed by atoms with E-state index >= 15 is 0 Å². The fourth-order valence-corrected chi connectivity index (χ4v) is 4.55. The number of fused-ring (bicyclic) bond motifs is 1. The van der Waals surface area contributed by atoms with Crippen molar-refractivity contribution < 1.29 is 22.7 Å². The molecule has 0 aliphatic rings. The number of rotatable bonds is 6. The largest absolute Gasteiger partial charge is 0.415 e. The molecule has 0 saturated carbocycles. The average molecular weight is 521 g/mol. The lowest BCUT2D eigenvalue weighted by Crippen LogP contribution is -2.33. The van der Waals surface area contributed by atoms with Gasteiger partial charge in [-0.2, -0.15) is 0 Å². The maximum absolute atomic E-state index is 14.3. The van der Waals surface area contributed by atoms with Gasteiger partial charge < -0.3 is 14.2 Å². The summed E-state index contributed by atoms with van der Waals surface area (Å²) in [5.41, 5.74) is 1.65. The Morgan fingerprint density at radius 1 is 0.971 bits per heavy atom. The lowest BCUT2D eigenvalue weighted by molar-refractivity contribution is 0.157. The third kappa shape index (κ3) is 5.11. The van der Waals surface area contributed by atoms with E-state index < -0.39 is 23.5 Å². The first-order valence-electron chi connectivity index (χ1n) is 10.9. The Morgan fingerprint density at radius 3 is 2.31 bits per heavy atom. The van der Waals surface area contributed by atoms with Crippen LogP contribution in [0.2, 0.25) is 10.0 Å². The third-order valence-electron chi connectivity index (χ3n) is 5.69. The molecule has 1 amide bonds. The molecule has 4 aromatic rings. The third-order valence-corrected chi connectivity index (χ3v) is 6.13. The van der Waals surface area contributed by atoms with Gasteiger partial charge in [-0.25, -0.2) is 18.0 Å². The molecule has 0 saturated heterocycles. The number of amides is 1. The Labute approximate surface area is 210 Å². The number of carbonyl (C=O) groups excluding carboxylic acids is 1. The Kier molecular flexibility index (Phi) is 7.28. The van der Waals surface area contributed by atoms with Gasteiger partial charge in [0, 0.05) is 57.4 Å². The molecule has 4 nitrogen and oxygen atoms in total. The van der Waals surface area contributed by atoms with E-state index in [1.165, 1.54) is 4.90 Å². The molecule has 0 spiro atoms. The minimum atomic E-state index is -1.25. The average Bonchev–Trinajstić information content (AvgIpc) is 3.19. The highest BCUT2D eigenvalue weighted by Crippen LogP contribution is 2.40. The lowest BCUT2D eigenvalue weighted by Gasteiger charge is -2.20. The van der Waals surface area contributed by atoms with E-state index in [2.05, 4.69) is 0 Å². The second-order valence-electron chi connectivity index (χ2n) is 7.87. The van der Waals surface area contributed by atoms with E-state index in [1.807, 2.05) is 13.8 Å². The summed E-state index contributed by atoms with van der Waals surface area (Å²) in [5, 5.41) is 1.44. The van der Waals surface area contributed by atoms with Crippen LogP contribution in [0.3, 0.4) is 0 Å². The van der Waals surface area contributed by atoms with Gasteiger partial charge >= 0.3 is 6.09 Å². The van der Waals surface area contributed by atoms with Gasteiger partial charge in [0.1, 0.15) is 11.6 Å². The Balaban J connectivity index is 1.86. The van der Waals surface area contributed by atoms with Crippen LogP contribution in [0.4, 0.5) is 18.0 Å². The molecule has 4 rings (SSSR count). The van der Waals surface area contributed by atoms with Crippen LogP contribution in [-0.2, 0) is 6.54 Å². The number of ether oxygens (including phenoxy) is 1. The van der Waals surface area contributed by atoms with Crippen LogP contribution < -0.4 is 4.74 Å². The summed E-state index contributed by atoms with van der Waals surface area (Å²) in [6, 6.07) is 11.5. The molecular weight excluding hydrogens is 500 g/mol. The molecule has 0 aliphatic carbocycles. The van der Waals surface area contributed by atoms with Crippen molar-refractivity contribution in [3.63, 3.8) is 0 Å². The highest BCUT2D eigenvalue weighted by atomic mass is 35.5. The summed E-state index contributed by atoms with van der Waals surface area (Å²) >= 11 is 12.5. The predicted molar refractivity (Wildman–Crippen MR) is 132 cm³/mol. The summed E-state index contributed by atoms with van der Waals surface area (Å²) in [4.78, 5) is 14.2. The number of aromatic nitrogens is 1. The van der Waals surface area contributed by atoms with Gasteiger partial charge in [-0.3, -0.25) is 0 Å². The van der Waals surface area contributed by atoms with Crippen molar-refractivity contribution >= 4 is 40.2 Å². The summed E-state index contributed by atoms with van der Waals surface area (Å²) in [6.07, 6.45) is 1.15. The quantitative estimate of drug-likeness (QED) is 0.242. The highest BCUT2D eigenvalue weighted by Gasteiger charge is 2.20. The molecule has 0 bridgehead atoms. The number of hydrogen-bond donors (Lipinski definition) is 0. The molecule has 0 N–H and O–H groups in total. The summed E-state index contributed by atoms with van der Waals surface area (Å²) < 4.78 is 49.2.